The zero-order valence-electron chi connectivity index (χ0n) is 33.7. The Balaban J connectivity index is 1.10. The van der Waals surface area contributed by atoms with E-state index in [0.29, 0.717) is 0 Å². The van der Waals surface area contributed by atoms with Crippen LogP contribution in [0.15, 0.2) is 231 Å². The van der Waals surface area contributed by atoms with Crippen LogP contribution in [0.4, 0.5) is 0 Å². The molecule has 0 fully saturated rings. The molecule has 0 atom stereocenters. The summed E-state index contributed by atoms with van der Waals surface area (Å²) in [5.41, 5.74) is 18.6. The third-order valence-electron chi connectivity index (χ3n) is 11.5. The molecule has 0 unspecified atom stereocenters. The second kappa shape index (κ2) is 16.0. The Morgan fingerprint density at radius 2 is 0.645 bits per heavy atom. The standard InChI is InChI=1S/C58H38N4/c1-5-14-41(15-6-1)53-35-49(36-54(61-53)42-16-7-2-8-17-42)47-32-46(39-23-25-40(26-24-39)51-29-31-60-58-52(51)28-27-45-22-13-30-59-57(45)58)33-48(34-47)50-37-55(43-18-9-3-10-19-43)62-56(38-50)44-20-11-4-12-21-44/h1-38H. The lowest BCUT2D eigenvalue weighted by molar-refractivity contribution is 1.32. The van der Waals surface area contributed by atoms with Gasteiger partial charge in [-0.1, -0.05) is 164 Å². The molecular formula is C58H38N4. The van der Waals surface area contributed by atoms with Crippen LogP contribution in [0.1, 0.15) is 0 Å². The zero-order valence-corrected chi connectivity index (χ0v) is 33.7. The van der Waals surface area contributed by atoms with E-state index in [4.69, 9.17) is 15.0 Å². The number of aromatic nitrogens is 4. The van der Waals surface area contributed by atoms with Crippen molar-refractivity contribution in [1.82, 2.24) is 19.9 Å². The van der Waals surface area contributed by atoms with E-state index in [1.54, 1.807) is 0 Å². The fraction of sp³-hybridized carbons (Fsp3) is 0. The second-order valence-electron chi connectivity index (χ2n) is 15.5. The molecule has 0 aliphatic heterocycles. The minimum Gasteiger partial charge on any atom is -0.254 e. The van der Waals surface area contributed by atoms with Crippen LogP contribution in [-0.4, -0.2) is 19.9 Å². The number of hydrogen-bond donors (Lipinski definition) is 0. The van der Waals surface area contributed by atoms with Gasteiger partial charge in [-0.05, 0) is 99.1 Å². The van der Waals surface area contributed by atoms with Crippen LogP contribution in [0.2, 0.25) is 0 Å². The van der Waals surface area contributed by atoms with Crippen LogP contribution >= 0.6 is 0 Å². The van der Waals surface area contributed by atoms with Crippen LogP contribution in [0.25, 0.3) is 111 Å². The summed E-state index contributed by atoms with van der Waals surface area (Å²) < 4.78 is 0. The molecule has 4 nitrogen and oxygen atoms in total. The van der Waals surface area contributed by atoms with Gasteiger partial charge in [0.1, 0.15) is 0 Å². The quantitative estimate of drug-likeness (QED) is 0.144. The SMILES string of the molecule is c1ccc(-c2cc(-c3cc(-c4ccc(-c5ccnc6c5ccc5cccnc56)cc4)cc(-c4cc(-c5ccccc5)nc(-c5ccccc5)c4)c3)cc(-c3ccccc3)n2)cc1. The lowest BCUT2D eigenvalue weighted by Crippen LogP contribution is -1.94. The molecule has 11 aromatic rings. The average molecular weight is 791 g/mol. The maximum atomic E-state index is 5.21. The van der Waals surface area contributed by atoms with Crippen molar-refractivity contribution < 1.29 is 0 Å². The zero-order chi connectivity index (χ0) is 41.2. The predicted octanol–water partition coefficient (Wildman–Crippen LogP) is 14.9. The Hall–Kier alpha value is -8.34. The van der Waals surface area contributed by atoms with Crippen molar-refractivity contribution in [3.8, 4) is 89.5 Å². The molecule has 0 N–H and O–H groups in total. The highest BCUT2D eigenvalue weighted by Crippen LogP contribution is 2.39. The molecule has 11 rings (SSSR count). The molecule has 7 aromatic carbocycles. The molecule has 290 valence electrons. The van der Waals surface area contributed by atoms with E-state index in [-0.39, 0.29) is 0 Å². The lowest BCUT2D eigenvalue weighted by atomic mass is 9.91. The Kier molecular flexibility index (Phi) is 9.49. The van der Waals surface area contributed by atoms with Gasteiger partial charge in [0.25, 0.3) is 0 Å². The third-order valence-corrected chi connectivity index (χ3v) is 11.5. The van der Waals surface area contributed by atoms with E-state index in [1.807, 2.05) is 42.7 Å². The van der Waals surface area contributed by atoms with Gasteiger partial charge in [-0.15, -0.1) is 0 Å². The molecule has 0 radical (unpaired) electrons. The first-order chi connectivity index (χ1) is 30.7. The number of rotatable bonds is 8. The maximum absolute atomic E-state index is 5.21. The first-order valence-corrected chi connectivity index (χ1v) is 20.9. The molecule has 0 aliphatic rings. The summed E-state index contributed by atoms with van der Waals surface area (Å²) in [6, 6.07) is 76.9. The van der Waals surface area contributed by atoms with Gasteiger partial charge in [-0.2, -0.15) is 0 Å². The van der Waals surface area contributed by atoms with Crippen molar-refractivity contribution in [3.63, 3.8) is 0 Å². The molecular weight excluding hydrogens is 753 g/mol. The van der Waals surface area contributed by atoms with Crippen LogP contribution in [0.5, 0.6) is 0 Å². The average Bonchev–Trinajstić information content (AvgIpc) is 3.37. The summed E-state index contributed by atoms with van der Waals surface area (Å²) in [6.45, 7) is 0. The van der Waals surface area contributed by atoms with E-state index in [0.717, 1.165) is 111 Å². The monoisotopic (exact) mass is 790 g/mol. The minimum atomic E-state index is 0.909. The molecule has 4 heterocycles. The molecule has 0 spiro atoms. The molecule has 4 aromatic heterocycles. The first kappa shape index (κ1) is 36.7. The number of pyridine rings is 4. The van der Waals surface area contributed by atoms with Gasteiger partial charge < -0.3 is 0 Å². The Morgan fingerprint density at radius 1 is 0.242 bits per heavy atom. The number of fused-ring (bicyclic) bond motifs is 3. The Bertz CT molecular complexity index is 3110. The number of nitrogens with zero attached hydrogens (tertiary/aromatic N) is 4. The highest BCUT2D eigenvalue weighted by molar-refractivity contribution is 6.08. The summed E-state index contributed by atoms with van der Waals surface area (Å²) in [7, 11) is 0. The van der Waals surface area contributed by atoms with Crippen LogP contribution in [0.3, 0.4) is 0 Å². The van der Waals surface area contributed by atoms with Gasteiger partial charge in [0, 0.05) is 45.4 Å². The van der Waals surface area contributed by atoms with Crippen molar-refractivity contribution in [1.29, 1.82) is 0 Å². The number of hydrogen-bond acceptors (Lipinski definition) is 4. The van der Waals surface area contributed by atoms with Crippen molar-refractivity contribution >= 4 is 21.8 Å². The largest absolute Gasteiger partial charge is 0.254 e. The number of benzene rings is 7. The van der Waals surface area contributed by atoms with Gasteiger partial charge in [-0.25, -0.2) is 9.97 Å². The molecule has 4 heteroatoms. The van der Waals surface area contributed by atoms with Crippen molar-refractivity contribution in [3.05, 3.63) is 231 Å². The Morgan fingerprint density at radius 3 is 1.11 bits per heavy atom. The fourth-order valence-electron chi connectivity index (χ4n) is 8.40. The molecule has 0 aliphatic carbocycles. The summed E-state index contributed by atoms with van der Waals surface area (Å²) in [4.78, 5) is 19.9. The predicted molar refractivity (Wildman–Crippen MR) is 256 cm³/mol. The van der Waals surface area contributed by atoms with Crippen LogP contribution in [0, 0.1) is 0 Å². The van der Waals surface area contributed by atoms with E-state index in [9.17, 15) is 0 Å². The van der Waals surface area contributed by atoms with Crippen LogP contribution in [-0.2, 0) is 0 Å². The van der Waals surface area contributed by atoms with E-state index in [2.05, 4.69) is 193 Å². The smallest absolute Gasteiger partial charge is 0.0970 e. The maximum Gasteiger partial charge on any atom is 0.0970 e. The van der Waals surface area contributed by atoms with Gasteiger partial charge in [0.05, 0.1) is 33.8 Å². The van der Waals surface area contributed by atoms with Crippen LogP contribution < -0.4 is 0 Å². The van der Waals surface area contributed by atoms with E-state index < -0.39 is 0 Å². The van der Waals surface area contributed by atoms with E-state index >= 15 is 0 Å². The highest BCUT2D eigenvalue weighted by atomic mass is 14.7. The summed E-state index contributed by atoms with van der Waals surface area (Å²) in [5, 5.41) is 2.16. The summed E-state index contributed by atoms with van der Waals surface area (Å²) in [6.07, 6.45) is 3.72. The minimum absolute atomic E-state index is 0.909. The highest BCUT2D eigenvalue weighted by Gasteiger charge is 2.16. The van der Waals surface area contributed by atoms with Gasteiger partial charge in [0.15, 0.2) is 0 Å². The second-order valence-corrected chi connectivity index (χ2v) is 15.5. The summed E-state index contributed by atoms with van der Waals surface area (Å²) in [5.74, 6) is 0. The molecule has 0 saturated heterocycles. The van der Waals surface area contributed by atoms with Gasteiger partial charge >= 0.3 is 0 Å². The third kappa shape index (κ3) is 7.20. The lowest BCUT2D eigenvalue weighted by Gasteiger charge is -2.16. The fourth-order valence-corrected chi connectivity index (χ4v) is 8.40. The Labute approximate surface area is 360 Å². The van der Waals surface area contributed by atoms with Crippen molar-refractivity contribution in [2.75, 3.05) is 0 Å². The topological polar surface area (TPSA) is 51.6 Å². The molecule has 62 heavy (non-hydrogen) atoms. The van der Waals surface area contributed by atoms with Crippen molar-refractivity contribution in [2.45, 2.75) is 0 Å². The molecule has 0 bridgehead atoms. The summed E-state index contributed by atoms with van der Waals surface area (Å²) >= 11 is 0. The van der Waals surface area contributed by atoms with E-state index in [1.165, 1.54) is 0 Å². The van der Waals surface area contributed by atoms with Gasteiger partial charge in [0.2, 0.25) is 0 Å². The molecule has 0 amide bonds. The first-order valence-electron chi connectivity index (χ1n) is 20.9. The normalized spacial score (nSPS) is 11.2. The van der Waals surface area contributed by atoms with Gasteiger partial charge in [-0.3, -0.25) is 9.97 Å². The van der Waals surface area contributed by atoms with Crippen molar-refractivity contribution in [2.24, 2.45) is 0 Å². The molecule has 0 saturated carbocycles.